The maximum absolute atomic E-state index is 5.91. The molecule has 0 amide bonds. The van der Waals surface area contributed by atoms with Gasteiger partial charge in [0, 0.05) is 20.6 Å². The Kier molecular flexibility index (Phi) is 2.50. The second-order valence-electron chi connectivity index (χ2n) is 3.30. The van der Waals surface area contributed by atoms with E-state index in [9.17, 15) is 0 Å². The molecule has 0 bridgehead atoms. The molecule has 1 aromatic carbocycles. The largest absolute Gasteiger partial charge is 0.253 e. The van der Waals surface area contributed by atoms with Crippen LogP contribution in [0.1, 0.15) is 11.3 Å². The van der Waals surface area contributed by atoms with E-state index in [0.717, 1.165) is 26.1 Å². The van der Waals surface area contributed by atoms with E-state index in [1.807, 2.05) is 25.1 Å². The van der Waals surface area contributed by atoms with Gasteiger partial charge in [-0.05, 0) is 47.5 Å². The quantitative estimate of drug-likeness (QED) is 0.697. The van der Waals surface area contributed by atoms with Gasteiger partial charge in [-0.3, -0.25) is 4.98 Å². The van der Waals surface area contributed by atoms with Crippen molar-refractivity contribution in [3.05, 3.63) is 39.0 Å². The van der Waals surface area contributed by atoms with Crippen molar-refractivity contribution in [1.29, 1.82) is 0 Å². The second-order valence-corrected chi connectivity index (χ2v) is 4.53. The number of halogens is 2. The lowest BCUT2D eigenvalue weighted by molar-refractivity contribution is 1.18. The van der Waals surface area contributed by atoms with E-state index in [-0.39, 0.29) is 0 Å². The summed E-state index contributed by atoms with van der Waals surface area (Å²) in [5.74, 6) is 0. The summed E-state index contributed by atoms with van der Waals surface area (Å²) in [6.45, 7) is 4.06. The molecule has 2 rings (SSSR count). The van der Waals surface area contributed by atoms with E-state index in [1.54, 1.807) is 0 Å². The number of hydrogen-bond acceptors (Lipinski definition) is 1. The van der Waals surface area contributed by atoms with Gasteiger partial charge in [-0.25, -0.2) is 0 Å². The fourth-order valence-corrected chi connectivity index (χ4v) is 2.20. The molecule has 0 atom stereocenters. The van der Waals surface area contributed by atoms with Gasteiger partial charge in [-0.15, -0.1) is 0 Å². The van der Waals surface area contributed by atoms with Crippen LogP contribution in [0.15, 0.2) is 22.7 Å². The molecular weight excluding hydrogens is 261 g/mol. The lowest BCUT2D eigenvalue weighted by Gasteiger charge is -2.07. The molecule has 0 spiro atoms. The first-order valence-corrected chi connectivity index (χ1v) is 5.48. The first-order valence-electron chi connectivity index (χ1n) is 4.31. The highest BCUT2D eigenvalue weighted by Gasteiger charge is 2.06. The van der Waals surface area contributed by atoms with Gasteiger partial charge in [0.15, 0.2) is 0 Å². The first kappa shape index (κ1) is 9.94. The Bertz CT molecular complexity index is 508. The monoisotopic (exact) mass is 269 g/mol. The smallest absolute Gasteiger partial charge is 0.0731 e. The van der Waals surface area contributed by atoms with Crippen LogP contribution in [0.3, 0.4) is 0 Å². The standard InChI is InChI=1S/C11H9BrClN/c1-6-7(2)14-10-5-8(13)3-4-9(10)11(6)12/h3-5H,1-2H3. The SMILES string of the molecule is Cc1nc2cc(Cl)ccc2c(Br)c1C. The zero-order valence-corrected chi connectivity index (χ0v) is 10.3. The Morgan fingerprint density at radius 2 is 2.00 bits per heavy atom. The molecule has 14 heavy (non-hydrogen) atoms. The molecule has 3 heteroatoms. The number of fused-ring (bicyclic) bond motifs is 1. The molecule has 1 aromatic heterocycles. The van der Waals surface area contributed by atoms with Gasteiger partial charge in [-0.1, -0.05) is 17.7 Å². The lowest BCUT2D eigenvalue weighted by atomic mass is 10.1. The van der Waals surface area contributed by atoms with Crippen LogP contribution in [0.2, 0.25) is 5.02 Å². The van der Waals surface area contributed by atoms with Crippen molar-refractivity contribution in [2.75, 3.05) is 0 Å². The minimum Gasteiger partial charge on any atom is -0.253 e. The van der Waals surface area contributed by atoms with Crippen LogP contribution < -0.4 is 0 Å². The average Bonchev–Trinajstić information content (AvgIpc) is 2.14. The third-order valence-electron chi connectivity index (χ3n) is 2.36. The highest BCUT2D eigenvalue weighted by Crippen LogP contribution is 2.29. The van der Waals surface area contributed by atoms with E-state index in [2.05, 4.69) is 27.8 Å². The molecule has 72 valence electrons. The minimum atomic E-state index is 0.722. The third-order valence-corrected chi connectivity index (χ3v) is 3.61. The Morgan fingerprint density at radius 1 is 1.29 bits per heavy atom. The molecule has 0 aliphatic heterocycles. The number of nitrogens with zero attached hydrogens (tertiary/aromatic N) is 1. The zero-order valence-electron chi connectivity index (χ0n) is 7.94. The summed E-state index contributed by atoms with van der Waals surface area (Å²) in [5.41, 5.74) is 3.15. The summed E-state index contributed by atoms with van der Waals surface area (Å²) in [4.78, 5) is 4.48. The van der Waals surface area contributed by atoms with E-state index in [4.69, 9.17) is 11.6 Å². The fourth-order valence-electron chi connectivity index (χ4n) is 1.41. The second kappa shape index (κ2) is 3.52. The summed E-state index contributed by atoms with van der Waals surface area (Å²) in [6.07, 6.45) is 0. The van der Waals surface area contributed by atoms with E-state index in [1.165, 1.54) is 5.56 Å². The molecule has 0 saturated heterocycles. The van der Waals surface area contributed by atoms with Crippen LogP contribution >= 0.6 is 27.5 Å². The number of rotatable bonds is 0. The van der Waals surface area contributed by atoms with Gasteiger partial charge < -0.3 is 0 Å². The van der Waals surface area contributed by atoms with Crippen molar-refractivity contribution < 1.29 is 0 Å². The zero-order chi connectivity index (χ0) is 10.3. The van der Waals surface area contributed by atoms with Gasteiger partial charge in [0.05, 0.1) is 5.52 Å². The van der Waals surface area contributed by atoms with Crippen LogP contribution in [0.4, 0.5) is 0 Å². The number of pyridine rings is 1. The van der Waals surface area contributed by atoms with Gasteiger partial charge in [-0.2, -0.15) is 0 Å². The molecule has 0 aliphatic carbocycles. The van der Waals surface area contributed by atoms with Crippen molar-refractivity contribution in [1.82, 2.24) is 4.98 Å². The number of benzene rings is 1. The molecule has 0 unspecified atom stereocenters. The Labute approximate surface area is 96.2 Å². The summed E-state index contributed by atoms with van der Waals surface area (Å²) in [6, 6.07) is 5.75. The number of hydrogen-bond donors (Lipinski definition) is 0. The highest BCUT2D eigenvalue weighted by molar-refractivity contribution is 9.10. The third kappa shape index (κ3) is 1.53. The van der Waals surface area contributed by atoms with E-state index in [0.29, 0.717) is 0 Å². The van der Waals surface area contributed by atoms with Crippen LogP contribution in [0.5, 0.6) is 0 Å². The predicted octanol–water partition coefficient (Wildman–Crippen LogP) is 4.27. The summed E-state index contributed by atoms with van der Waals surface area (Å²) >= 11 is 9.48. The fraction of sp³-hybridized carbons (Fsp3) is 0.182. The van der Waals surface area contributed by atoms with E-state index < -0.39 is 0 Å². The van der Waals surface area contributed by atoms with Gasteiger partial charge >= 0.3 is 0 Å². The topological polar surface area (TPSA) is 12.9 Å². The maximum Gasteiger partial charge on any atom is 0.0731 e. The first-order chi connectivity index (χ1) is 6.59. The summed E-state index contributed by atoms with van der Waals surface area (Å²) in [5, 5.41) is 1.83. The van der Waals surface area contributed by atoms with Crippen LogP contribution in [0.25, 0.3) is 10.9 Å². The van der Waals surface area contributed by atoms with E-state index >= 15 is 0 Å². The molecule has 0 aliphatic rings. The van der Waals surface area contributed by atoms with Crippen molar-refractivity contribution in [3.8, 4) is 0 Å². The molecule has 0 N–H and O–H groups in total. The summed E-state index contributed by atoms with van der Waals surface area (Å²) in [7, 11) is 0. The van der Waals surface area contributed by atoms with Crippen molar-refractivity contribution in [3.63, 3.8) is 0 Å². The van der Waals surface area contributed by atoms with Gasteiger partial charge in [0.2, 0.25) is 0 Å². The van der Waals surface area contributed by atoms with Crippen LogP contribution in [0, 0.1) is 13.8 Å². The maximum atomic E-state index is 5.91. The molecule has 0 saturated carbocycles. The van der Waals surface area contributed by atoms with Gasteiger partial charge in [0.1, 0.15) is 0 Å². The van der Waals surface area contributed by atoms with Gasteiger partial charge in [0.25, 0.3) is 0 Å². The molecule has 0 fully saturated rings. The Morgan fingerprint density at radius 3 is 2.71 bits per heavy atom. The van der Waals surface area contributed by atoms with Crippen LogP contribution in [-0.4, -0.2) is 4.98 Å². The average molecular weight is 271 g/mol. The lowest BCUT2D eigenvalue weighted by Crippen LogP contribution is -1.90. The minimum absolute atomic E-state index is 0.722. The highest BCUT2D eigenvalue weighted by atomic mass is 79.9. The Hall–Kier alpha value is -0.600. The molecule has 0 radical (unpaired) electrons. The predicted molar refractivity (Wildman–Crippen MR) is 63.9 cm³/mol. The van der Waals surface area contributed by atoms with Crippen molar-refractivity contribution in [2.24, 2.45) is 0 Å². The van der Waals surface area contributed by atoms with Crippen molar-refractivity contribution in [2.45, 2.75) is 13.8 Å². The normalized spacial score (nSPS) is 10.9. The number of aromatic nitrogens is 1. The molecule has 2 aromatic rings. The molecule has 1 heterocycles. The molecular formula is C11H9BrClN. The molecule has 1 nitrogen and oxygen atoms in total. The van der Waals surface area contributed by atoms with Crippen molar-refractivity contribution >= 4 is 38.4 Å². The number of aryl methyl sites for hydroxylation is 1. The summed E-state index contributed by atoms with van der Waals surface area (Å²) < 4.78 is 1.11. The Balaban J connectivity index is 2.91. The van der Waals surface area contributed by atoms with Crippen LogP contribution in [-0.2, 0) is 0 Å².